The first-order valence-corrected chi connectivity index (χ1v) is 13.4. The van der Waals surface area contributed by atoms with Crippen LogP contribution in [0.4, 0.5) is 0 Å². The predicted octanol–water partition coefficient (Wildman–Crippen LogP) is 5.52. The molecular formula is C28H38O4S. The molecule has 5 heteroatoms. The highest BCUT2D eigenvalue weighted by molar-refractivity contribution is 7.14. The van der Waals surface area contributed by atoms with Gasteiger partial charge in [0.05, 0.1) is 11.5 Å². The van der Waals surface area contributed by atoms with Gasteiger partial charge in [0, 0.05) is 11.3 Å². The summed E-state index contributed by atoms with van der Waals surface area (Å²) >= 11 is 1.77. The number of ketones is 1. The van der Waals surface area contributed by atoms with Gasteiger partial charge in [-0.3, -0.25) is 4.79 Å². The average molecular weight is 471 g/mol. The Labute approximate surface area is 202 Å². The molecule has 1 aromatic heterocycles. The maximum Gasteiger partial charge on any atom is 0.173 e. The molecule has 1 fully saturated rings. The Kier molecular flexibility index (Phi) is 7.62. The van der Waals surface area contributed by atoms with Crippen molar-refractivity contribution in [3.8, 4) is 5.75 Å². The molecule has 0 amide bonds. The molecule has 0 bridgehead atoms. The Morgan fingerprint density at radius 3 is 2.48 bits per heavy atom. The molecule has 180 valence electrons. The smallest absolute Gasteiger partial charge is 0.173 e. The molecule has 4 rings (SSSR count). The van der Waals surface area contributed by atoms with Crippen molar-refractivity contribution in [2.75, 3.05) is 13.2 Å². The summed E-state index contributed by atoms with van der Waals surface area (Å²) in [5.41, 5.74) is 6.54. The Bertz CT molecular complexity index is 977. The fourth-order valence-electron chi connectivity index (χ4n) is 5.95. The van der Waals surface area contributed by atoms with E-state index in [-0.39, 0.29) is 13.2 Å². The fraction of sp³-hybridized carbons (Fsp3) is 0.607. The van der Waals surface area contributed by atoms with Gasteiger partial charge in [-0.05, 0) is 92.0 Å². The first-order chi connectivity index (χ1) is 15.9. The lowest BCUT2D eigenvalue weighted by Gasteiger charge is -2.34. The van der Waals surface area contributed by atoms with E-state index < -0.39 is 6.10 Å². The van der Waals surface area contributed by atoms with Gasteiger partial charge in [0.25, 0.3) is 0 Å². The topological polar surface area (TPSA) is 66.8 Å². The Morgan fingerprint density at radius 1 is 1.15 bits per heavy atom. The second-order valence-corrected chi connectivity index (χ2v) is 11.3. The van der Waals surface area contributed by atoms with Crippen LogP contribution in [-0.4, -0.2) is 35.3 Å². The zero-order valence-electron chi connectivity index (χ0n) is 20.3. The first-order valence-electron chi connectivity index (χ1n) is 12.5. The molecule has 1 atom stereocenters. The van der Waals surface area contributed by atoms with Crippen LogP contribution in [0.1, 0.15) is 87.8 Å². The number of fused-ring (bicyclic) bond motifs is 1. The van der Waals surface area contributed by atoms with Gasteiger partial charge >= 0.3 is 0 Å². The number of carbonyl (C=O) groups is 1. The van der Waals surface area contributed by atoms with Crippen LogP contribution in [0.3, 0.4) is 0 Å². The number of rotatable bonds is 9. The number of hydrogen-bond acceptors (Lipinski definition) is 5. The highest BCUT2D eigenvalue weighted by Crippen LogP contribution is 2.50. The molecule has 1 aromatic carbocycles. The highest BCUT2D eigenvalue weighted by atomic mass is 32.1. The molecular weight excluding hydrogens is 432 g/mol. The largest absolute Gasteiger partial charge is 0.490 e. The van der Waals surface area contributed by atoms with Crippen LogP contribution < -0.4 is 4.74 Å². The van der Waals surface area contributed by atoms with Gasteiger partial charge in [-0.1, -0.05) is 31.9 Å². The van der Waals surface area contributed by atoms with Crippen LogP contribution in [0.5, 0.6) is 5.75 Å². The first kappa shape index (κ1) is 24.4. The van der Waals surface area contributed by atoms with Crippen LogP contribution in [0.15, 0.2) is 12.1 Å². The summed E-state index contributed by atoms with van der Waals surface area (Å²) in [7, 11) is 0. The highest BCUT2D eigenvalue weighted by Gasteiger charge is 2.39. The molecule has 33 heavy (non-hydrogen) atoms. The molecule has 0 aliphatic heterocycles. The molecule has 1 saturated carbocycles. The second kappa shape index (κ2) is 10.3. The quantitative estimate of drug-likeness (QED) is 0.473. The number of benzene rings is 1. The minimum atomic E-state index is -0.880. The summed E-state index contributed by atoms with van der Waals surface area (Å²) in [6, 6.07) is 4.15. The van der Waals surface area contributed by atoms with E-state index in [9.17, 15) is 9.90 Å². The number of hydrogen-bond donors (Lipinski definition) is 2. The zero-order valence-corrected chi connectivity index (χ0v) is 21.2. The van der Waals surface area contributed by atoms with Gasteiger partial charge in [0.1, 0.15) is 18.5 Å². The lowest BCUT2D eigenvalue weighted by molar-refractivity contribution is 0.0531. The number of thiophene rings is 1. The van der Waals surface area contributed by atoms with Crippen LogP contribution in [0.2, 0.25) is 0 Å². The van der Waals surface area contributed by atoms with Gasteiger partial charge in [-0.25, -0.2) is 0 Å². The van der Waals surface area contributed by atoms with Crippen molar-refractivity contribution in [3.05, 3.63) is 49.7 Å². The monoisotopic (exact) mass is 470 g/mol. The summed E-state index contributed by atoms with van der Waals surface area (Å²) in [5, 5.41) is 18.6. The maximum atomic E-state index is 13.3. The van der Waals surface area contributed by atoms with Crippen molar-refractivity contribution in [1.29, 1.82) is 0 Å². The molecule has 2 N–H and O–H groups in total. The third-order valence-electron chi connectivity index (χ3n) is 7.69. The van der Waals surface area contributed by atoms with Gasteiger partial charge in [0.2, 0.25) is 0 Å². The van der Waals surface area contributed by atoms with Crippen LogP contribution in [-0.2, 0) is 25.7 Å². The van der Waals surface area contributed by atoms with E-state index in [1.54, 1.807) is 11.3 Å². The lowest BCUT2D eigenvalue weighted by atomic mass is 9.70. The molecule has 1 spiro atoms. The van der Waals surface area contributed by atoms with E-state index >= 15 is 0 Å². The van der Waals surface area contributed by atoms with E-state index in [2.05, 4.69) is 19.1 Å². The summed E-state index contributed by atoms with van der Waals surface area (Å²) in [6.45, 7) is 5.96. The zero-order chi connectivity index (χ0) is 23.6. The standard InChI is InChI=1S/C28H38O4S/c1-4-25-23-15-28(10-5-6-11-28)12-9-22(23)27(33-25)24(31)8-7-20-13-18(2)26(19(3)14-20)32-17-21(30)16-29/h13-14,21,29-30H,4-12,15-17H2,1-3H3/t21-/m0/s1. The summed E-state index contributed by atoms with van der Waals surface area (Å²) in [4.78, 5) is 15.8. The van der Waals surface area contributed by atoms with Gasteiger partial charge in [0.15, 0.2) is 5.78 Å². The number of aliphatic hydroxyl groups is 2. The number of aryl methyl sites for hydroxylation is 4. The van der Waals surface area contributed by atoms with E-state index in [4.69, 9.17) is 9.84 Å². The molecule has 1 heterocycles. The number of aliphatic hydroxyl groups excluding tert-OH is 2. The van der Waals surface area contributed by atoms with E-state index in [1.165, 1.54) is 54.5 Å². The summed E-state index contributed by atoms with van der Waals surface area (Å²) in [6.07, 6.45) is 10.4. The van der Waals surface area contributed by atoms with Crippen LogP contribution in [0, 0.1) is 19.3 Å². The van der Waals surface area contributed by atoms with Gasteiger partial charge in [-0.2, -0.15) is 0 Å². The molecule has 2 aromatic rings. The molecule has 2 aliphatic carbocycles. The fourth-order valence-corrected chi connectivity index (χ4v) is 7.23. The third kappa shape index (κ3) is 5.21. The lowest BCUT2D eigenvalue weighted by Crippen LogP contribution is -2.26. The Balaban J connectivity index is 1.45. The van der Waals surface area contributed by atoms with Crippen LogP contribution in [0.25, 0.3) is 0 Å². The van der Waals surface area contributed by atoms with E-state index in [0.29, 0.717) is 17.6 Å². The normalized spacial score (nSPS) is 17.8. The van der Waals surface area contributed by atoms with E-state index in [0.717, 1.165) is 46.6 Å². The summed E-state index contributed by atoms with van der Waals surface area (Å²) in [5.74, 6) is 1.04. The Morgan fingerprint density at radius 2 is 1.85 bits per heavy atom. The minimum absolute atomic E-state index is 0.0700. The number of Topliss-reactive ketones (excluding diaryl/α,β-unsaturated/α-hetero) is 1. The van der Waals surface area contributed by atoms with E-state index in [1.807, 2.05) is 13.8 Å². The number of carbonyl (C=O) groups excluding carboxylic acids is 1. The average Bonchev–Trinajstić information content (AvgIpc) is 3.41. The van der Waals surface area contributed by atoms with Crippen LogP contribution >= 0.6 is 11.3 Å². The van der Waals surface area contributed by atoms with Crippen molar-refractivity contribution in [1.82, 2.24) is 0 Å². The molecule has 0 saturated heterocycles. The van der Waals surface area contributed by atoms with Gasteiger partial charge < -0.3 is 14.9 Å². The molecule has 0 unspecified atom stereocenters. The summed E-state index contributed by atoms with van der Waals surface area (Å²) < 4.78 is 5.71. The van der Waals surface area contributed by atoms with Crippen molar-refractivity contribution < 1.29 is 19.7 Å². The number of ether oxygens (including phenoxy) is 1. The second-order valence-electron chi connectivity index (χ2n) is 10.2. The molecule has 2 aliphatic rings. The third-order valence-corrected chi connectivity index (χ3v) is 9.15. The van der Waals surface area contributed by atoms with Crippen molar-refractivity contribution in [3.63, 3.8) is 0 Å². The predicted molar refractivity (Wildman–Crippen MR) is 134 cm³/mol. The SMILES string of the molecule is CCc1sc(C(=O)CCc2cc(C)c(OC[C@@H](O)CO)c(C)c2)c2c1CC1(CCCC1)CC2. The van der Waals surface area contributed by atoms with Crippen molar-refractivity contribution >= 4 is 17.1 Å². The maximum absolute atomic E-state index is 13.3. The van der Waals surface area contributed by atoms with Crippen molar-refractivity contribution in [2.24, 2.45) is 5.41 Å². The molecule has 0 radical (unpaired) electrons. The Hall–Kier alpha value is -1.69. The van der Waals surface area contributed by atoms with Crippen molar-refractivity contribution in [2.45, 2.75) is 91.1 Å². The minimum Gasteiger partial charge on any atom is -0.490 e. The van der Waals surface area contributed by atoms with Gasteiger partial charge in [-0.15, -0.1) is 11.3 Å². The molecule has 4 nitrogen and oxygen atoms in total.